The second-order valence-corrected chi connectivity index (χ2v) is 8.52. The van der Waals surface area contributed by atoms with Crippen molar-refractivity contribution in [1.29, 1.82) is 0 Å². The van der Waals surface area contributed by atoms with E-state index >= 15 is 0 Å². The molecule has 28 heavy (non-hydrogen) atoms. The minimum Gasteiger partial charge on any atom is -0.493 e. The minimum absolute atomic E-state index is 0.00280. The first-order valence-corrected chi connectivity index (χ1v) is 10.6. The summed E-state index contributed by atoms with van der Waals surface area (Å²) in [4.78, 5) is 16.7. The maximum Gasteiger partial charge on any atom is 0.256 e. The number of fused-ring (bicyclic) bond motifs is 3. The Hall–Kier alpha value is -2.25. The predicted molar refractivity (Wildman–Crippen MR) is 112 cm³/mol. The summed E-state index contributed by atoms with van der Waals surface area (Å²) in [6.45, 7) is 8.86. The molecule has 2 aliphatic heterocycles. The first kappa shape index (κ1) is 19.1. The fourth-order valence-electron chi connectivity index (χ4n) is 3.88. The highest BCUT2D eigenvalue weighted by Crippen LogP contribution is 2.41. The number of nitrogens with zero attached hydrogens (tertiary/aromatic N) is 1. The summed E-state index contributed by atoms with van der Waals surface area (Å²) in [6, 6.07) is 6.28. The van der Waals surface area contributed by atoms with Crippen molar-refractivity contribution in [2.75, 3.05) is 25.6 Å². The summed E-state index contributed by atoms with van der Waals surface area (Å²) in [7, 11) is 1.63. The molecule has 150 valence electrons. The zero-order valence-electron chi connectivity index (χ0n) is 16.8. The van der Waals surface area contributed by atoms with E-state index in [0.29, 0.717) is 24.1 Å². The maximum atomic E-state index is 12.9. The smallest absolute Gasteiger partial charge is 0.256 e. The third-order valence-electron chi connectivity index (χ3n) is 5.42. The molecule has 3 heterocycles. The molecule has 0 spiro atoms. The van der Waals surface area contributed by atoms with Gasteiger partial charge in [0.05, 0.1) is 19.3 Å². The van der Waals surface area contributed by atoms with Gasteiger partial charge in [-0.1, -0.05) is 6.07 Å². The van der Waals surface area contributed by atoms with Gasteiger partial charge >= 0.3 is 0 Å². The maximum absolute atomic E-state index is 12.9. The fourth-order valence-corrected chi connectivity index (χ4v) is 5.18. The van der Waals surface area contributed by atoms with Gasteiger partial charge in [-0.15, -0.1) is 11.3 Å². The number of benzene rings is 1. The lowest BCUT2D eigenvalue weighted by molar-refractivity contribution is 0.0934. The molecular weight excluding hydrogens is 374 g/mol. The van der Waals surface area contributed by atoms with Gasteiger partial charge in [0, 0.05) is 24.0 Å². The van der Waals surface area contributed by atoms with Gasteiger partial charge < -0.3 is 20.1 Å². The Kier molecular flexibility index (Phi) is 5.21. The van der Waals surface area contributed by atoms with Crippen molar-refractivity contribution >= 4 is 22.2 Å². The van der Waals surface area contributed by atoms with Crippen molar-refractivity contribution < 1.29 is 14.3 Å². The van der Waals surface area contributed by atoms with Crippen LogP contribution in [0.5, 0.6) is 11.5 Å². The SMILES string of the molecule is CCOc1cc(C2NC(=O)c3c(sc4c3CCN(C(C)C)C4)N2)ccc1OC. The average Bonchev–Trinajstić information content (AvgIpc) is 3.06. The van der Waals surface area contributed by atoms with Crippen LogP contribution in [0.4, 0.5) is 5.00 Å². The van der Waals surface area contributed by atoms with Gasteiger partial charge in [0.15, 0.2) is 11.5 Å². The molecule has 0 saturated carbocycles. The number of nitrogens with one attached hydrogen (secondary N) is 2. The second-order valence-electron chi connectivity index (χ2n) is 7.42. The van der Waals surface area contributed by atoms with Crippen LogP contribution in [0.25, 0.3) is 0 Å². The first-order valence-electron chi connectivity index (χ1n) is 9.78. The zero-order chi connectivity index (χ0) is 19.8. The molecule has 1 amide bonds. The van der Waals surface area contributed by atoms with Gasteiger partial charge in [-0.2, -0.15) is 0 Å². The molecule has 7 heteroatoms. The number of hydrogen-bond acceptors (Lipinski definition) is 6. The molecular formula is C21H27N3O3S. The molecule has 1 unspecified atom stereocenters. The minimum atomic E-state index is -0.286. The monoisotopic (exact) mass is 401 g/mol. The highest BCUT2D eigenvalue weighted by Gasteiger charge is 2.33. The van der Waals surface area contributed by atoms with Crippen molar-refractivity contribution in [3.05, 3.63) is 39.8 Å². The van der Waals surface area contributed by atoms with Crippen molar-refractivity contribution in [3.63, 3.8) is 0 Å². The van der Waals surface area contributed by atoms with Gasteiger partial charge in [-0.25, -0.2) is 0 Å². The van der Waals surface area contributed by atoms with Crippen molar-refractivity contribution in [3.8, 4) is 11.5 Å². The Morgan fingerprint density at radius 1 is 1.29 bits per heavy atom. The molecule has 2 N–H and O–H groups in total. The molecule has 1 aromatic carbocycles. The number of carbonyl (C=O) groups is 1. The number of anilines is 1. The van der Waals surface area contributed by atoms with E-state index in [2.05, 4.69) is 29.4 Å². The lowest BCUT2D eigenvalue weighted by atomic mass is 9.99. The van der Waals surface area contributed by atoms with E-state index in [1.807, 2.05) is 25.1 Å². The summed E-state index contributed by atoms with van der Waals surface area (Å²) >= 11 is 1.71. The van der Waals surface area contributed by atoms with Crippen LogP contribution in [-0.2, 0) is 13.0 Å². The lowest BCUT2D eigenvalue weighted by Crippen LogP contribution is -2.39. The highest BCUT2D eigenvalue weighted by atomic mass is 32.1. The Bertz CT molecular complexity index is 893. The third kappa shape index (κ3) is 3.33. The van der Waals surface area contributed by atoms with Crippen LogP contribution < -0.4 is 20.1 Å². The number of amides is 1. The van der Waals surface area contributed by atoms with Crippen LogP contribution in [0.1, 0.15) is 53.3 Å². The summed E-state index contributed by atoms with van der Waals surface area (Å²) < 4.78 is 11.1. The van der Waals surface area contributed by atoms with E-state index in [1.165, 1.54) is 10.4 Å². The molecule has 1 aromatic heterocycles. The molecule has 6 nitrogen and oxygen atoms in total. The summed E-state index contributed by atoms with van der Waals surface area (Å²) in [5, 5.41) is 7.61. The molecule has 0 bridgehead atoms. The van der Waals surface area contributed by atoms with E-state index in [1.54, 1.807) is 18.4 Å². The number of methoxy groups -OCH3 is 1. The molecule has 0 radical (unpaired) electrons. The first-order chi connectivity index (χ1) is 13.5. The lowest BCUT2D eigenvalue weighted by Gasteiger charge is -2.31. The van der Waals surface area contributed by atoms with Gasteiger partial charge in [0.25, 0.3) is 5.91 Å². The van der Waals surface area contributed by atoms with E-state index in [9.17, 15) is 4.79 Å². The van der Waals surface area contributed by atoms with Gasteiger partial charge in [-0.05, 0) is 50.5 Å². The molecule has 1 atom stereocenters. The quantitative estimate of drug-likeness (QED) is 0.798. The molecule has 4 rings (SSSR count). The molecule has 0 aliphatic carbocycles. The number of ether oxygens (including phenoxy) is 2. The van der Waals surface area contributed by atoms with Crippen LogP contribution in [0.2, 0.25) is 0 Å². The van der Waals surface area contributed by atoms with E-state index in [-0.39, 0.29) is 12.1 Å². The number of hydrogen-bond donors (Lipinski definition) is 2. The molecule has 0 saturated heterocycles. The van der Waals surface area contributed by atoms with Crippen LogP contribution in [0.3, 0.4) is 0 Å². The Balaban J connectivity index is 1.63. The van der Waals surface area contributed by atoms with Crippen molar-refractivity contribution in [1.82, 2.24) is 10.2 Å². The Morgan fingerprint density at radius 3 is 2.82 bits per heavy atom. The second kappa shape index (κ2) is 7.64. The highest BCUT2D eigenvalue weighted by molar-refractivity contribution is 7.16. The molecule has 0 fully saturated rings. The zero-order valence-corrected chi connectivity index (χ0v) is 17.6. The van der Waals surface area contributed by atoms with E-state index in [4.69, 9.17) is 9.47 Å². The Morgan fingerprint density at radius 2 is 2.11 bits per heavy atom. The van der Waals surface area contributed by atoms with Crippen molar-refractivity contribution in [2.45, 2.75) is 45.9 Å². The van der Waals surface area contributed by atoms with Crippen LogP contribution in [0.15, 0.2) is 18.2 Å². The van der Waals surface area contributed by atoms with Crippen LogP contribution >= 0.6 is 11.3 Å². The van der Waals surface area contributed by atoms with Crippen LogP contribution in [-0.4, -0.2) is 37.1 Å². The van der Waals surface area contributed by atoms with Gasteiger partial charge in [0.1, 0.15) is 11.2 Å². The average molecular weight is 402 g/mol. The Labute approximate surface area is 169 Å². The van der Waals surface area contributed by atoms with Gasteiger partial charge in [-0.3, -0.25) is 9.69 Å². The summed E-state index contributed by atoms with van der Waals surface area (Å²) in [6.07, 6.45) is 0.641. The predicted octanol–water partition coefficient (Wildman–Crippen LogP) is 3.78. The summed E-state index contributed by atoms with van der Waals surface area (Å²) in [5.41, 5.74) is 2.99. The summed E-state index contributed by atoms with van der Waals surface area (Å²) in [5.74, 6) is 1.37. The van der Waals surface area contributed by atoms with E-state index in [0.717, 1.165) is 35.6 Å². The number of thiophene rings is 1. The van der Waals surface area contributed by atoms with E-state index < -0.39 is 0 Å². The fraction of sp³-hybridized carbons (Fsp3) is 0.476. The van der Waals surface area contributed by atoms with Gasteiger partial charge in [0.2, 0.25) is 0 Å². The third-order valence-corrected chi connectivity index (χ3v) is 6.56. The van der Waals surface area contributed by atoms with Crippen molar-refractivity contribution in [2.24, 2.45) is 0 Å². The standard InChI is InChI=1S/C21H27N3O3S/c1-5-27-16-10-13(6-7-15(16)26-4)19-22-20(25)18-14-8-9-24(12(2)3)11-17(14)28-21(18)23-19/h6-7,10,12,19,23H,5,8-9,11H2,1-4H3,(H,22,25). The molecule has 2 aliphatic rings. The number of rotatable bonds is 5. The normalized spacial score (nSPS) is 18.9. The van der Waals surface area contributed by atoms with Crippen LogP contribution in [0, 0.1) is 0 Å². The topological polar surface area (TPSA) is 62.8 Å². The largest absolute Gasteiger partial charge is 0.493 e. The number of carbonyl (C=O) groups excluding carboxylic acids is 1. The molecule has 2 aromatic rings.